The third-order valence-corrected chi connectivity index (χ3v) is 5.34. The van der Waals surface area contributed by atoms with Crippen molar-refractivity contribution in [1.29, 1.82) is 0 Å². The van der Waals surface area contributed by atoms with E-state index in [1.54, 1.807) is 29.7 Å². The van der Waals surface area contributed by atoms with Gasteiger partial charge in [-0.15, -0.1) is 11.3 Å². The molecule has 1 atom stereocenters. The fourth-order valence-electron chi connectivity index (χ4n) is 2.85. The second-order valence-corrected chi connectivity index (χ2v) is 7.70. The molecule has 3 N–H and O–H groups in total. The van der Waals surface area contributed by atoms with Gasteiger partial charge in [0, 0.05) is 24.4 Å². The number of hydrogen-bond donors (Lipinski definition) is 3. The molecule has 0 fully saturated rings. The maximum Gasteiger partial charge on any atom is 0.387 e. The highest BCUT2D eigenvalue weighted by Crippen LogP contribution is 2.19. The van der Waals surface area contributed by atoms with Gasteiger partial charge in [0.05, 0.1) is 18.9 Å². The van der Waals surface area contributed by atoms with Gasteiger partial charge in [-0.1, -0.05) is 18.2 Å². The van der Waals surface area contributed by atoms with Gasteiger partial charge in [0.1, 0.15) is 11.5 Å². The summed E-state index contributed by atoms with van der Waals surface area (Å²) < 4.78 is 34.2. The lowest BCUT2D eigenvalue weighted by Crippen LogP contribution is -2.39. The van der Waals surface area contributed by atoms with Crippen LogP contribution in [0.2, 0.25) is 0 Å². The first-order valence-electron chi connectivity index (χ1n) is 9.90. The Hall–Kier alpha value is -2.91. The Balaban J connectivity index is 1.54. The van der Waals surface area contributed by atoms with E-state index in [4.69, 9.17) is 4.42 Å². The summed E-state index contributed by atoms with van der Waals surface area (Å²) in [6.45, 7) is -1.45. The first-order chi connectivity index (χ1) is 15.1. The van der Waals surface area contributed by atoms with Crippen molar-refractivity contribution in [1.82, 2.24) is 10.6 Å². The molecule has 0 saturated heterocycles. The molecule has 0 amide bonds. The SMILES string of the molecule is OC(CN=C(NCCc1ccco1)NCCc1cccs1)c1ccc(OC(F)F)cc1. The van der Waals surface area contributed by atoms with Gasteiger partial charge in [-0.2, -0.15) is 8.78 Å². The molecule has 0 saturated carbocycles. The lowest BCUT2D eigenvalue weighted by atomic mass is 10.1. The maximum absolute atomic E-state index is 12.3. The highest BCUT2D eigenvalue weighted by molar-refractivity contribution is 7.09. The van der Waals surface area contributed by atoms with Crippen LogP contribution in [0.5, 0.6) is 5.75 Å². The molecule has 31 heavy (non-hydrogen) atoms. The highest BCUT2D eigenvalue weighted by Gasteiger charge is 2.10. The molecule has 1 aromatic carbocycles. The molecular weight excluding hydrogens is 424 g/mol. The summed E-state index contributed by atoms with van der Waals surface area (Å²) in [5, 5.41) is 19.0. The number of aliphatic hydroxyl groups excluding tert-OH is 1. The van der Waals surface area contributed by atoms with Gasteiger partial charge in [-0.25, -0.2) is 0 Å². The topological polar surface area (TPSA) is 79.0 Å². The van der Waals surface area contributed by atoms with Crippen molar-refractivity contribution in [2.75, 3.05) is 19.6 Å². The molecule has 3 rings (SSSR count). The van der Waals surface area contributed by atoms with Crippen LogP contribution in [0.4, 0.5) is 8.78 Å². The van der Waals surface area contributed by atoms with Crippen molar-refractivity contribution >= 4 is 17.3 Å². The van der Waals surface area contributed by atoms with E-state index >= 15 is 0 Å². The molecule has 2 heterocycles. The molecule has 3 aromatic rings. The summed E-state index contributed by atoms with van der Waals surface area (Å²) in [6, 6.07) is 13.7. The van der Waals surface area contributed by atoms with Crippen LogP contribution in [0.15, 0.2) is 69.6 Å². The van der Waals surface area contributed by atoms with Crippen LogP contribution in [0.1, 0.15) is 22.3 Å². The monoisotopic (exact) mass is 449 g/mol. The second kappa shape index (κ2) is 12.1. The molecule has 0 radical (unpaired) electrons. The smallest absolute Gasteiger partial charge is 0.387 e. The number of nitrogens with zero attached hydrogens (tertiary/aromatic N) is 1. The van der Waals surface area contributed by atoms with E-state index in [1.807, 2.05) is 23.6 Å². The number of nitrogens with one attached hydrogen (secondary N) is 2. The Morgan fingerprint density at radius 2 is 1.84 bits per heavy atom. The lowest BCUT2D eigenvalue weighted by molar-refractivity contribution is -0.0498. The third kappa shape index (κ3) is 8.03. The fraction of sp³-hybridized carbons (Fsp3) is 0.318. The molecule has 0 aliphatic rings. The number of aliphatic imine (C=N–C) groups is 1. The van der Waals surface area contributed by atoms with Gasteiger partial charge in [-0.05, 0) is 47.7 Å². The zero-order valence-corrected chi connectivity index (χ0v) is 17.7. The quantitative estimate of drug-likeness (QED) is 0.305. The summed E-state index contributed by atoms with van der Waals surface area (Å²) >= 11 is 1.70. The van der Waals surface area contributed by atoms with Crippen LogP contribution < -0.4 is 15.4 Å². The number of furan rings is 1. The van der Waals surface area contributed by atoms with Crippen molar-refractivity contribution in [3.8, 4) is 5.75 Å². The molecular formula is C22H25F2N3O3S. The summed E-state index contributed by atoms with van der Waals surface area (Å²) in [6.07, 6.45) is 2.33. The molecule has 0 spiro atoms. The normalized spacial score (nSPS) is 12.7. The van der Waals surface area contributed by atoms with Crippen LogP contribution in [-0.4, -0.2) is 37.3 Å². The molecule has 6 nitrogen and oxygen atoms in total. The van der Waals surface area contributed by atoms with E-state index in [0.717, 1.165) is 12.2 Å². The van der Waals surface area contributed by atoms with Gasteiger partial charge in [-0.3, -0.25) is 4.99 Å². The van der Waals surface area contributed by atoms with Crippen LogP contribution in [0.3, 0.4) is 0 Å². The highest BCUT2D eigenvalue weighted by atomic mass is 32.1. The predicted octanol–water partition coefficient (Wildman–Crippen LogP) is 4.00. The number of hydrogen-bond acceptors (Lipinski definition) is 5. The molecule has 0 bridgehead atoms. The molecule has 166 valence electrons. The van der Waals surface area contributed by atoms with Gasteiger partial charge >= 0.3 is 6.61 Å². The summed E-state index contributed by atoms with van der Waals surface area (Å²) in [7, 11) is 0. The van der Waals surface area contributed by atoms with Crippen LogP contribution >= 0.6 is 11.3 Å². The number of aliphatic hydroxyl groups is 1. The van der Waals surface area contributed by atoms with Crippen molar-refractivity contribution < 1.29 is 23.0 Å². The van der Waals surface area contributed by atoms with E-state index in [2.05, 4.69) is 26.4 Å². The van der Waals surface area contributed by atoms with E-state index in [1.165, 1.54) is 17.0 Å². The van der Waals surface area contributed by atoms with Gasteiger partial charge < -0.3 is 24.9 Å². The Bertz CT molecular complexity index is 859. The van der Waals surface area contributed by atoms with Crippen molar-refractivity contribution in [3.63, 3.8) is 0 Å². The largest absolute Gasteiger partial charge is 0.469 e. The number of guanidine groups is 1. The van der Waals surface area contributed by atoms with Gasteiger partial charge in [0.25, 0.3) is 0 Å². The number of benzene rings is 1. The minimum Gasteiger partial charge on any atom is -0.469 e. The summed E-state index contributed by atoms with van der Waals surface area (Å²) in [5.74, 6) is 1.50. The molecule has 1 unspecified atom stereocenters. The van der Waals surface area contributed by atoms with Crippen molar-refractivity contribution in [2.24, 2.45) is 4.99 Å². The average molecular weight is 450 g/mol. The molecule has 0 aliphatic heterocycles. The first-order valence-corrected chi connectivity index (χ1v) is 10.8. The van der Waals surface area contributed by atoms with E-state index in [0.29, 0.717) is 31.0 Å². The molecule has 0 aliphatic carbocycles. The minimum absolute atomic E-state index is 0.0463. The Morgan fingerprint density at radius 3 is 2.48 bits per heavy atom. The number of halogens is 2. The number of alkyl halides is 2. The van der Waals surface area contributed by atoms with Gasteiger partial charge in [0.2, 0.25) is 0 Å². The molecule has 2 aromatic heterocycles. The first kappa shape index (κ1) is 22.8. The number of thiophene rings is 1. The Morgan fingerprint density at radius 1 is 1.06 bits per heavy atom. The van der Waals surface area contributed by atoms with E-state index < -0.39 is 12.7 Å². The summed E-state index contributed by atoms with van der Waals surface area (Å²) in [5.41, 5.74) is 0.568. The van der Waals surface area contributed by atoms with E-state index in [9.17, 15) is 13.9 Å². The van der Waals surface area contributed by atoms with Gasteiger partial charge in [0.15, 0.2) is 5.96 Å². The average Bonchev–Trinajstić information content (AvgIpc) is 3.46. The summed E-state index contributed by atoms with van der Waals surface area (Å²) in [4.78, 5) is 5.75. The van der Waals surface area contributed by atoms with Crippen LogP contribution in [0, 0.1) is 0 Å². The fourth-order valence-corrected chi connectivity index (χ4v) is 3.56. The minimum atomic E-state index is -2.88. The third-order valence-electron chi connectivity index (χ3n) is 4.40. The standard InChI is InChI=1S/C22H25F2N3O3S/c23-21(24)30-18-7-5-16(6-8-18)20(28)15-27-22(25-11-9-17-3-1-13-29-17)26-12-10-19-4-2-14-31-19/h1-8,13-14,20-21,28H,9-12,15H2,(H2,25,26,27). The van der Waals surface area contributed by atoms with Crippen LogP contribution in [-0.2, 0) is 12.8 Å². The van der Waals surface area contributed by atoms with E-state index in [-0.39, 0.29) is 12.3 Å². The zero-order valence-electron chi connectivity index (χ0n) is 16.8. The van der Waals surface area contributed by atoms with Crippen molar-refractivity contribution in [2.45, 2.75) is 25.6 Å². The predicted molar refractivity (Wildman–Crippen MR) is 117 cm³/mol. The van der Waals surface area contributed by atoms with Crippen LogP contribution in [0.25, 0.3) is 0 Å². The lowest BCUT2D eigenvalue weighted by Gasteiger charge is -2.14. The van der Waals surface area contributed by atoms with Crippen molar-refractivity contribution in [3.05, 3.63) is 76.4 Å². The Kier molecular flexibility index (Phi) is 8.86. The maximum atomic E-state index is 12.3. The number of rotatable bonds is 11. The second-order valence-electron chi connectivity index (χ2n) is 6.66. The number of ether oxygens (including phenoxy) is 1. The Labute approximate surface area is 183 Å². The molecule has 9 heteroatoms. The zero-order chi connectivity index (χ0) is 21.9.